The van der Waals surface area contributed by atoms with Crippen molar-refractivity contribution in [2.45, 2.75) is 17.9 Å². The molecule has 0 radical (unpaired) electrons. The lowest BCUT2D eigenvalue weighted by molar-refractivity contribution is -0.384. The monoisotopic (exact) mass is 443 g/mol. The van der Waals surface area contributed by atoms with Crippen LogP contribution in [0.5, 0.6) is 0 Å². The highest BCUT2D eigenvalue weighted by Gasteiger charge is 2.31. The number of hydrogen-bond acceptors (Lipinski definition) is 7. The van der Waals surface area contributed by atoms with Crippen molar-refractivity contribution in [1.82, 2.24) is 9.21 Å². The van der Waals surface area contributed by atoms with Gasteiger partial charge in [-0.15, -0.1) is 0 Å². The third-order valence-electron chi connectivity index (χ3n) is 5.17. The second kappa shape index (κ2) is 9.22. The van der Waals surface area contributed by atoms with Crippen LogP contribution in [0.1, 0.15) is 12.5 Å². The molecular weight excluding hydrogens is 422 g/mol. The van der Waals surface area contributed by atoms with Gasteiger partial charge in [0.15, 0.2) is 0 Å². The number of nitriles is 1. The number of rotatable bonds is 6. The number of sulfonamides is 1. The van der Waals surface area contributed by atoms with Crippen molar-refractivity contribution in [3.8, 4) is 6.07 Å². The zero-order chi connectivity index (χ0) is 22.6. The SMILES string of the molecule is C[C@@H](C(=O)Nc1ccc([N+](=O)[O-])cc1)N1CCN(S(=O)(=O)c2ccc(C#N)cc2)CC1. The third kappa shape index (κ3) is 5.05. The first kappa shape index (κ1) is 22.4. The standard InChI is InChI=1S/C20H21N5O5S/c1-15(20(26)22-17-4-6-18(7-5-17)25(27)28)23-10-12-24(13-11-23)31(29,30)19-8-2-16(14-21)3-9-19/h2-9,15H,10-13H2,1H3,(H,22,26)/t15-/m0/s1. The Hall–Kier alpha value is -3.33. The molecule has 1 heterocycles. The molecule has 162 valence electrons. The smallest absolute Gasteiger partial charge is 0.269 e. The van der Waals surface area contributed by atoms with Crippen LogP contribution in [0.2, 0.25) is 0 Å². The highest BCUT2D eigenvalue weighted by Crippen LogP contribution is 2.20. The molecule has 1 N–H and O–H groups in total. The van der Waals surface area contributed by atoms with Gasteiger partial charge in [0.25, 0.3) is 5.69 Å². The van der Waals surface area contributed by atoms with Crippen LogP contribution in [0.4, 0.5) is 11.4 Å². The van der Waals surface area contributed by atoms with Crippen LogP contribution in [0.15, 0.2) is 53.4 Å². The second-order valence-corrected chi connectivity index (χ2v) is 8.98. The quantitative estimate of drug-likeness (QED) is 0.531. The molecule has 0 bridgehead atoms. The van der Waals surface area contributed by atoms with Crippen LogP contribution < -0.4 is 5.32 Å². The molecule has 1 aliphatic rings. The summed E-state index contributed by atoms with van der Waals surface area (Å²) in [5.74, 6) is -0.280. The number of amides is 1. The Bertz CT molecular complexity index is 1100. The number of carbonyl (C=O) groups is 1. The molecule has 11 heteroatoms. The molecule has 0 spiro atoms. The van der Waals surface area contributed by atoms with Gasteiger partial charge in [-0.1, -0.05) is 0 Å². The third-order valence-corrected chi connectivity index (χ3v) is 7.08. The molecule has 0 saturated carbocycles. The zero-order valence-corrected chi connectivity index (χ0v) is 17.6. The molecule has 10 nitrogen and oxygen atoms in total. The second-order valence-electron chi connectivity index (χ2n) is 7.05. The average molecular weight is 443 g/mol. The highest BCUT2D eigenvalue weighted by molar-refractivity contribution is 7.89. The summed E-state index contributed by atoms with van der Waals surface area (Å²) in [5.41, 5.74) is 0.770. The number of benzene rings is 2. The molecule has 0 aromatic heterocycles. The molecule has 1 atom stereocenters. The Morgan fingerprint density at radius 3 is 2.19 bits per heavy atom. The number of nitrogens with one attached hydrogen (secondary N) is 1. The largest absolute Gasteiger partial charge is 0.325 e. The average Bonchev–Trinajstić information content (AvgIpc) is 2.79. The van der Waals surface area contributed by atoms with Crippen LogP contribution in [0.3, 0.4) is 0 Å². The lowest BCUT2D eigenvalue weighted by Crippen LogP contribution is -2.53. The predicted octanol–water partition coefficient (Wildman–Crippen LogP) is 1.80. The van der Waals surface area contributed by atoms with Crippen LogP contribution in [-0.4, -0.2) is 60.7 Å². The Balaban J connectivity index is 1.58. The number of piperazine rings is 1. The fourth-order valence-corrected chi connectivity index (χ4v) is 4.68. The van der Waals surface area contributed by atoms with Crippen LogP contribution in [-0.2, 0) is 14.8 Å². The van der Waals surface area contributed by atoms with E-state index in [0.29, 0.717) is 24.3 Å². The molecule has 1 saturated heterocycles. The number of anilines is 1. The summed E-state index contributed by atoms with van der Waals surface area (Å²) in [6, 6.07) is 12.8. The molecule has 3 rings (SSSR count). The minimum atomic E-state index is -3.67. The van der Waals surface area contributed by atoms with Crippen LogP contribution >= 0.6 is 0 Å². The Morgan fingerprint density at radius 1 is 1.10 bits per heavy atom. The number of nitro benzene ring substituents is 1. The Kier molecular flexibility index (Phi) is 6.65. The van der Waals surface area contributed by atoms with Crippen molar-refractivity contribution in [2.24, 2.45) is 0 Å². The molecule has 1 aliphatic heterocycles. The van der Waals surface area contributed by atoms with E-state index >= 15 is 0 Å². The Labute approximate surface area is 179 Å². The number of non-ortho nitro benzene ring substituents is 1. The van der Waals surface area contributed by atoms with Crippen molar-refractivity contribution < 1.29 is 18.1 Å². The van der Waals surface area contributed by atoms with Crippen molar-refractivity contribution >= 4 is 27.3 Å². The van der Waals surface area contributed by atoms with Gasteiger partial charge in [0.2, 0.25) is 15.9 Å². The molecule has 2 aromatic carbocycles. The molecular formula is C20H21N5O5S. The summed E-state index contributed by atoms with van der Waals surface area (Å²) in [7, 11) is -3.67. The summed E-state index contributed by atoms with van der Waals surface area (Å²) in [6.07, 6.45) is 0. The van der Waals surface area contributed by atoms with Crippen LogP contribution in [0.25, 0.3) is 0 Å². The number of hydrogen-bond donors (Lipinski definition) is 1. The highest BCUT2D eigenvalue weighted by atomic mass is 32.2. The first-order valence-corrected chi connectivity index (χ1v) is 11.0. The molecule has 1 fully saturated rings. The first-order chi connectivity index (χ1) is 14.7. The zero-order valence-electron chi connectivity index (χ0n) is 16.8. The summed E-state index contributed by atoms with van der Waals surface area (Å²) in [4.78, 5) is 24.8. The summed E-state index contributed by atoms with van der Waals surface area (Å²) in [5, 5.41) is 22.3. The van der Waals surface area contributed by atoms with Gasteiger partial charge in [0.1, 0.15) is 0 Å². The molecule has 1 amide bonds. The lowest BCUT2D eigenvalue weighted by atomic mass is 10.2. The number of nitrogens with zero attached hydrogens (tertiary/aromatic N) is 4. The van der Waals surface area contributed by atoms with E-state index in [0.717, 1.165) is 0 Å². The minimum absolute atomic E-state index is 0.0642. The van der Waals surface area contributed by atoms with Crippen molar-refractivity contribution in [2.75, 3.05) is 31.5 Å². The van der Waals surface area contributed by atoms with Gasteiger partial charge in [-0.05, 0) is 43.3 Å². The minimum Gasteiger partial charge on any atom is -0.325 e. The van der Waals surface area contributed by atoms with E-state index in [1.807, 2.05) is 11.0 Å². The predicted molar refractivity (Wildman–Crippen MR) is 113 cm³/mol. The van der Waals surface area contributed by atoms with E-state index in [1.165, 1.54) is 52.8 Å². The lowest BCUT2D eigenvalue weighted by Gasteiger charge is -2.36. The van der Waals surface area contributed by atoms with Gasteiger partial charge in [-0.2, -0.15) is 9.57 Å². The fourth-order valence-electron chi connectivity index (χ4n) is 3.26. The van der Waals surface area contributed by atoms with E-state index in [2.05, 4.69) is 5.32 Å². The van der Waals surface area contributed by atoms with Gasteiger partial charge < -0.3 is 5.32 Å². The van der Waals surface area contributed by atoms with Gasteiger partial charge in [-0.3, -0.25) is 19.8 Å². The van der Waals surface area contributed by atoms with Gasteiger partial charge in [0, 0.05) is 44.0 Å². The van der Waals surface area contributed by atoms with E-state index in [1.54, 1.807) is 6.92 Å². The fraction of sp³-hybridized carbons (Fsp3) is 0.300. The topological polar surface area (TPSA) is 137 Å². The summed E-state index contributed by atoms with van der Waals surface area (Å²) < 4.78 is 27.0. The van der Waals surface area contributed by atoms with Crippen LogP contribution in [0, 0.1) is 21.4 Å². The van der Waals surface area contributed by atoms with Crippen molar-refractivity contribution in [3.63, 3.8) is 0 Å². The van der Waals surface area contributed by atoms with E-state index in [4.69, 9.17) is 5.26 Å². The first-order valence-electron chi connectivity index (χ1n) is 9.52. The van der Waals surface area contributed by atoms with Crippen molar-refractivity contribution in [3.05, 3.63) is 64.2 Å². The van der Waals surface area contributed by atoms with Gasteiger partial charge >= 0.3 is 0 Å². The number of nitro groups is 1. The summed E-state index contributed by atoms with van der Waals surface area (Å²) >= 11 is 0. The maximum Gasteiger partial charge on any atom is 0.269 e. The number of carbonyl (C=O) groups excluding carboxylic acids is 1. The van der Waals surface area contributed by atoms with E-state index in [9.17, 15) is 23.3 Å². The maximum absolute atomic E-state index is 12.8. The molecule has 0 unspecified atom stereocenters. The van der Waals surface area contributed by atoms with E-state index < -0.39 is 21.0 Å². The van der Waals surface area contributed by atoms with Crippen molar-refractivity contribution in [1.29, 1.82) is 5.26 Å². The molecule has 2 aromatic rings. The maximum atomic E-state index is 12.8. The Morgan fingerprint density at radius 2 is 1.68 bits per heavy atom. The van der Waals surface area contributed by atoms with Gasteiger partial charge in [0.05, 0.1) is 27.5 Å². The van der Waals surface area contributed by atoms with Gasteiger partial charge in [-0.25, -0.2) is 8.42 Å². The molecule has 31 heavy (non-hydrogen) atoms. The molecule has 0 aliphatic carbocycles. The summed E-state index contributed by atoms with van der Waals surface area (Å²) in [6.45, 7) is 2.95. The normalized spacial score (nSPS) is 16.3. The van der Waals surface area contributed by atoms with E-state index in [-0.39, 0.29) is 29.6 Å².